The van der Waals surface area contributed by atoms with Crippen molar-refractivity contribution in [3.63, 3.8) is 0 Å². The Morgan fingerprint density at radius 1 is 1.11 bits per heavy atom. The highest BCUT2D eigenvalue weighted by atomic mass is 16.5. The van der Waals surface area contributed by atoms with Crippen LogP contribution in [0.3, 0.4) is 0 Å². The Morgan fingerprint density at radius 3 is 2.39 bits per heavy atom. The second kappa shape index (κ2) is 8.68. The van der Waals surface area contributed by atoms with Gasteiger partial charge in [0.2, 0.25) is 0 Å². The molecule has 0 aliphatic rings. The van der Waals surface area contributed by atoms with Gasteiger partial charge in [-0.05, 0) is 31.2 Å². The van der Waals surface area contributed by atoms with E-state index in [1.165, 1.54) is 24.1 Å². The lowest BCUT2D eigenvalue weighted by Gasteiger charge is -2.05. The van der Waals surface area contributed by atoms with Crippen LogP contribution < -0.4 is 10.9 Å². The average molecular weight is 376 g/mol. The minimum Gasteiger partial charge on any atom is -0.466 e. The first-order valence-corrected chi connectivity index (χ1v) is 8.61. The summed E-state index contributed by atoms with van der Waals surface area (Å²) in [7, 11) is 1.30. The Morgan fingerprint density at radius 2 is 1.75 bits per heavy atom. The molecule has 2 aromatic carbocycles. The van der Waals surface area contributed by atoms with Crippen molar-refractivity contribution in [2.24, 2.45) is 4.99 Å². The number of benzene rings is 2. The van der Waals surface area contributed by atoms with E-state index in [2.05, 4.69) is 20.1 Å². The molecule has 0 aliphatic heterocycles. The molecular weight excluding hydrogens is 356 g/mol. The number of esters is 1. The molecule has 0 saturated heterocycles. The van der Waals surface area contributed by atoms with E-state index in [9.17, 15) is 9.59 Å². The van der Waals surface area contributed by atoms with Crippen LogP contribution in [0.2, 0.25) is 0 Å². The first-order chi connectivity index (χ1) is 13.6. The van der Waals surface area contributed by atoms with Crippen LogP contribution >= 0.6 is 0 Å². The number of aromatic nitrogens is 2. The van der Waals surface area contributed by atoms with Gasteiger partial charge in [0.15, 0.2) is 0 Å². The number of anilines is 1. The lowest BCUT2D eigenvalue weighted by atomic mass is 10.3. The molecule has 0 unspecified atom stereocenters. The molecule has 7 nitrogen and oxygen atoms in total. The van der Waals surface area contributed by atoms with Gasteiger partial charge in [0, 0.05) is 18.0 Å². The highest BCUT2D eigenvalue weighted by Gasteiger charge is 2.14. The van der Waals surface area contributed by atoms with Crippen molar-refractivity contribution < 1.29 is 9.53 Å². The Balaban J connectivity index is 2.03. The van der Waals surface area contributed by atoms with Crippen LogP contribution in [0, 0.1) is 0 Å². The smallest absolute Gasteiger partial charge is 0.332 e. The second-order valence-electron chi connectivity index (χ2n) is 5.95. The minimum absolute atomic E-state index is 0.265. The monoisotopic (exact) mass is 376 g/mol. The van der Waals surface area contributed by atoms with Crippen molar-refractivity contribution in [2.75, 3.05) is 12.4 Å². The number of carbonyl (C=O) groups excluding carboxylic acids is 1. The van der Waals surface area contributed by atoms with E-state index in [0.29, 0.717) is 22.8 Å². The summed E-state index contributed by atoms with van der Waals surface area (Å²) in [6, 6.07) is 18.5. The molecule has 0 atom stereocenters. The van der Waals surface area contributed by atoms with E-state index in [-0.39, 0.29) is 5.56 Å². The van der Waals surface area contributed by atoms with Gasteiger partial charge in [-0.1, -0.05) is 36.4 Å². The molecular formula is C21H20N4O3. The van der Waals surface area contributed by atoms with Crippen molar-refractivity contribution in [3.8, 4) is 5.69 Å². The zero-order valence-electron chi connectivity index (χ0n) is 15.5. The zero-order valence-corrected chi connectivity index (χ0v) is 15.5. The van der Waals surface area contributed by atoms with Crippen LogP contribution in [0.1, 0.15) is 12.5 Å². The molecule has 1 heterocycles. The van der Waals surface area contributed by atoms with Gasteiger partial charge in [-0.25, -0.2) is 9.48 Å². The van der Waals surface area contributed by atoms with Crippen molar-refractivity contribution in [2.45, 2.75) is 6.92 Å². The van der Waals surface area contributed by atoms with Crippen LogP contribution in [-0.2, 0) is 9.53 Å². The Labute approximate surface area is 162 Å². The molecule has 3 rings (SSSR count). The van der Waals surface area contributed by atoms with Gasteiger partial charge in [0.05, 0.1) is 18.5 Å². The van der Waals surface area contributed by atoms with Crippen molar-refractivity contribution in [3.05, 3.63) is 88.4 Å². The number of allylic oxidation sites excluding steroid dienone is 1. The normalized spacial score (nSPS) is 11.6. The predicted octanol–water partition coefficient (Wildman–Crippen LogP) is 3.40. The fraction of sp³-hybridized carbons (Fsp3) is 0.0952. The largest absolute Gasteiger partial charge is 0.466 e. The van der Waals surface area contributed by atoms with E-state index in [0.717, 1.165) is 5.69 Å². The molecule has 7 heteroatoms. The fourth-order valence-corrected chi connectivity index (χ4v) is 2.55. The van der Waals surface area contributed by atoms with Crippen LogP contribution in [-0.4, -0.2) is 29.1 Å². The van der Waals surface area contributed by atoms with Crippen LogP contribution in [0.5, 0.6) is 0 Å². The number of aromatic amines is 1. The third kappa shape index (κ3) is 4.45. The Bertz CT molecular complexity index is 1060. The molecule has 3 aromatic rings. The van der Waals surface area contributed by atoms with Crippen LogP contribution in [0.25, 0.3) is 5.69 Å². The first kappa shape index (κ1) is 18.9. The standard InChI is InChI=1S/C21H20N4O3/c1-15(13-19(26)28-2)23-20-18(14-22-16-9-5-3-6-10-16)21(27)25(24-20)17-11-7-4-8-12-17/h3-14,23-24H,1-2H3. The van der Waals surface area contributed by atoms with Crippen LogP contribution in [0.15, 0.2) is 82.2 Å². The lowest BCUT2D eigenvalue weighted by Crippen LogP contribution is -2.17. The summed E-state index contributed by atoms with van der Waals surface area (Å²) >= 11 is 0. The maximum absolute atomic E-state index is 13.0. The average Bonchev–Trinajstić information content (AvgIpc) is 3.02. The quantitative estimate of drug-likeness (QED) is 0.392. The van der Waals surface area contributed by atoms with Gasteiger partial charge in [0.1, 0.15) is 11.4 Å². The molecule has 0 amide bonds. The number of ether oxygens (including phenoxy) is 1. The van der Waals surface area contributed by atoms with Gasteiger partial charge in [-0.15, -0.1) is 0 Å². The third-order valence-corrected chi connectivity index (χ3v) is 3.90. The van der Waals surface area contributed by atoms with E-state index >= 15 is 0 Å². The third-order valence-electron chi connectivity index (χ3n) is 3.90. The predicted molar refractivity (Wildman–Crippen MR) is 109 cm³/mol. The molecule has 0 radical (unpaired) electrons. The number of hydrogen-bond acceptors (Lipinski definition) is 5. The Kier molecular flexibility index (Phi) is 5.86. The lowest BCUT2D eigenvalue weighted by molar-refractivity contribution is -0.134. The van der Waals surface area contributed by atoms with Crippen molar-refractivity contribution in [1.29, 1.82) is 0 Å². The van der Waals surface area contributed by atoms with Gasteiger partial charge in [0.25, 0.3) is 5.56 Å². The van der Waals surface area contributed by atoms with Gasteiger partial charge >= 0.3 is 5.97 Å². The van der Waals surface area contributed by atoms with E-state index < -0.39 is 5.97 Å². The molecule has 0 bridgehead atoms. The molecule has 28 heavy (non-hydrogen) atoms. The SMILES string of the molecule is COC(=O)C=C(C)Nc1[nH]n(-c2ccccc2)c(=O)c1C=Nc1ccccc1. The number of rotatable bonds is 6. The van der Waals surface area contributed by atoms with E-state index in [1.54, 1.807) is 6.92 Å². The number of H-pyrrole nitrogens is 1. The summed E-state index contributed by atoms with van der Waals surface area (Å²) in [5.74, 6) is -0.0690. The van der Waals surface area contributed by atoms with Gasteiger partial charge < -0.3 is 10.1 Å². The van der Waals surface area contributed by atoms with Gasteiger partial charge in [-0.3, -0.25) is 14.9 Å². The molecule has 0 aliphatic carbocycles. The number of methoxy groups -OCH3 is 1. The topological polar surface area (TPSA) is 88.5 Å². The summed E-state index contributed by atoms with van der Waals surface area (Å²) in [4.78, 5) is 28.8. The molecule has 1 aromatic heterocycles. The number of nitrogens with one attached hydrogen (secondary N) is 2. The fourth-order valence-electron chi connectivity index (χ4n) is 2.55. The van der Waals surface area contributed by atoms with E-state index in [4.69, 9.17) is 0 Å². The first-order valence-electron chi connectivity index (χ1n) is 8.61. The number of nitrogens with zero attached hydrogens (tertiary/aromatic N) is 2. The van der Waals surface area contributed by atoms with Crippen molar-refractivity contribution >= 4 is 23.7 Å². The highest BCUT2D eigenvalue weighted by Crippen LogP contribution is 2.15. The van der Waals surface area contributed by atoms with E-state index in [1.807, 2.05) is 60.7 Å². The number of para-hydroxylation sites is 2. The maximum atomic E-state index is 13.0. The maximum Gasteiger partial charge on any atom is 0.332 e. The number of aliphatic imine (C=N–C) groups is 1. The van der Waals surface area contributed by atoms with Gasteiger partial charge in [-0.2, -0.15) is 0 Å². The van der Waals surface area contributed by atoms with Crippen molar-refractivity contribution in [1.82, 2.24) is 9.78 Å². The Hall–Kier alpha value is -3.87. The summed E-state index contributed by atoms with van der Waals surface area (Å²) in [5.41, 5.74) is 2.00. The highest BCUT2D eigenvalue weighted by molar-refractivity contribution is 5.89. The molecule has 2 N–H and O–H groups in total. The molecule has 0 fully saturated rings. The molecule has 0 saturated carbocycles. The molecule has 0 spiro atoms. The summed E-state index contributed by atoms with van der Waals surface area (Å²) in [5, 5.41) is 6.07. The minimum atomic E-state index is -0.491. The molecule has 142 valence electrons. The summed E-state index contributed by atoms with van der Waals surface area (Å²) in [6.45, 7) is 1.70. The summed E-state index contributed by atoms with van der Waals surface area (Å²) in [6.07, 6.45) is 2.80. The van der Waals surface area contributed by atoms with Crippen LogP contribution in [0.4, 0.5) is 11.5 Å². The zero-order chi connectivity index (χ0) is 19.9. The number of hydrogen-bond donors (Lipinski definition) is 2. The number of carbonyl (C=O) groups is 1. The summed E-state index contributed by atoms with van der Waals surface area (Å²) < 4.78 is 6.05. The second-order valence-corrected chi connectivity index (χ2v) is 5.95.